The number of nitrogens with one attached hydrogen (secondary N) is 2. The van der Waals surface area contributed by atoms with E-state index in [-0.39, 0.29) is 48.1 Å². The predicted octanol–water partition coefficient (Wildman–Crippen LogP) is 1.04. The number of nitrogen functional groups attached to an aromatic ring is 1. The lowest BCUT2D eigenvalue weighted by Gasteiger charge is -2.12. The first kappa shape index (κ1) is 36.2. The number of anilines is 1. The molecule has 0 aliphatic carbocycles. The molecule has 0 saturated carbocycles. The van der Waals surface area contributed by atoms with Crippen LogP contribution in [-0.4, -0.2) is 95.4 Å². The average Bonchev–Trinajstić information content (AvgIpc) is 3.04. The molecule has 3 rings (SSSR count). The second-order valence-electron chi connectivity index (χ2n) is 10.6. The second-order valence-corrected chi connectivity index (χ2v) is 10.6. The van der Waals surface area contributed by atoms with Crippen LogP contribution in [0.15, 0.2) is 35.3 Å². The van der Waals surface area contributed by atoms with Crippen molar-refractivity contribution in [2.75, 3.05) is 58.5 Å². The second kappa shape index (κ2) is 19.9. The zero-order valence-corrected chi connectivity index (χ0v) is 25.9. The fourth-order valence-electron chi connectivity index (χ4n) is 4.40. The van der Waals surface area contributed by atoms with Crippen LogP contribution in [-0.2, 0) is 36.6 Å². The number of aryl methyl sites for hydroxylation is 2. The number of benzene rings is 1. The van der Waals surface area contributed by atoms with Gasteiger partial charge in [-0.05, 0) is 44.2 Å². The molecule has 0 radical (unpaired) electrons. The number of H-pyrrole nitrogens is 1. The molecule has 0 spiro atoms. The van der Waals surface area contributed by atoms with Gasteiger partial charge in [-0.3, -0.25) is 24.2 Å². The number of carbonyl (C=O) groups is 3. The van der Waals surface area contributed by atoms with Crippen molar-refractivity contribution in [2.45, 2.75) is 44.9 Å². The van der Waals surface area contributed by atoms with Crippen LogP contribution in [0.5, 0.6) is 0 Å². The molecule has 1 atom stereocenters. The van der Waals surface area contributed by atoms with E-state index in [1.165, 1.54) is 6.20 Å². The van der Waals surface area contributed by atoms with Crippen molar-refractivity contribution in [2.24, 2.45) is 11.7 Å². The van der Waals surface area contributed by atoms with Crippen molar-refractivity contribution in [3.8, 4) is 0 Å². The minimum absolute atomic E-state index is 0.000600. The molecule has 1 unspecified atom stereocenters. The van der Waals surface area contributed by atoms with Gasteiger partial charge in [-0.15, -0.1) is 0 Å². The van der Waals surface area contributed by atoms with Crippen LogP contribution >= 0.6 is 0 Å². The molecule has 0 fully saturated rings. The lowest BCUT2D eigenvalue weighted by molar-refractivity contribution is -0.142. The number of hydrogen-bond donors (Lipinski definition) is 5. The molecule has 15 nitrogen and oxygen atoms in total. The molecule has 0 aliphatic rings. The Bertz CT molecular complexity index is 1470. The minimum Gasteiger partial charge on any atom is -0.481 e. The largest absolute Gasteiger partial charge is 0.481 e. The fraction of sp³-hybridized carbons (Fsp3) is 0.516. The summed E-state index contributed by atoms with van der Waals surface area (Å²) in [5, 5.41) is 12.4. The number of fused-ring (bicyclic) bond motifs is 1. The first-order valence-corrected chi connectivity index (χ1v) is 15.3. The maximum Gasteiger partial charge on any atom is 0.306 e. The van der Waals surface area contributed by atoms with Gasteiger partial charge in [-0.25, -0.2) is 9.97 Å². The molecule has 2 aromatic heterocycles. The van der Waals surface area contributed by atoms with E-state index in [4.69, 9.17) is 25.7 Å². The quantitative estimate of drug-likeness (QED) is 0.0720. The molecule has 7 N–H and O–H groups in total. The van der Waals surface area contributed by atoms with Gasteiger partial charge in [0, 0.05) is 44.4 Å². The number of nitrogens with zero attached hydrogens (tertiary/aromatic N) is 3. The highest BCUT2D eigenvalue weighted by Gasteiger charge is 2.23. The highest BCUT2D eigenvalue weighted by molar-refractivity contribution is 5.98. The summed E-state index contributed by atoms with van der Waals surface area (Å²) in [7, 11) is 0. The van der Waals surface area contributed by atoms with Crippen LogP contribution in [0.2, 0.25) is 0 Å². The number of aromatic amines is 1. The van der Waals surface area contributed by atoms with Crippen molar-refractivity contribution in [3.05, 3.63) is 57.6 Å². The molecule has 1 aromatic carbocycles. The molecule has 0 aliphatic heterocycles. The number of ether oxygens (including phenoxy) is 3. The average molecular weight is 642 g/mol. The maximum absolute atomic E-state index is 12.8. The standard InChI is InChI=1S/C31H43N7O8/c32-11-1-13-44-15-17-46-18-16-45-14-2-12-34-26(40)10-8-23(30(42)43)19-25(39)22-6-3-21(4-7-22)5-9-24-20-35-27-28(36-24)37-31(33)38-29(27)41/h3-4,6-7,20,23H,1-2,5,8-19,32H2,(H,34,40)(H,42,43)(H3,33,36,37,38,41). The monoisotopic (exact) mass is 641 g/mol. The number of rotatable bonds is 23. The summed E-state index contributed by atoms with van der Waals surface area (Å²) in [6, 6.07) is 6.91. The summed E-state index contributed by atoms with van der Waals surface area (Å²) < 4.78 is 16.2. The SMILES string of the molecule is NCCCOCCOCCOCCCNC(=O)CCC(CC(=O)c1ccc(CCc2cnc3c(=O)[nH]c(N)nc3n2)cc1)C(=O)O. The van der Waals surface area contributed by atoms with Crippen LogP contribution < -0.4 is 22.3 Å². The molecule has 0 bridgehead atoms. The summed E-state index contributed by atoms with van der Waals surface area (Å²) in [4.78, 5) is 63.6. The van der Waals surface area contributed by atoms with Gasteiger partial charge in [0.2, 0.25) is 11.9 Å². The lowest BCUT2D eigenvalue weighted by atomic mass is 9.93. The molecular weight excluding hydrogens is 598 g/mol. The summed E-state index contributed by atoms with van der Waals surface area (Å²) in [5.74, 6) is -2.72. The maximum atomic E-state index is 12.8. The number of aromatic nitrogens is 4. The normalized spacial score (nSPS) is 11.8. The Morgan fingerprint density at radius 1 is 0.935 bits per heavy atom. The van der Waals surface area contributed by atoms with Crippen LogP contribution in [0.3, 0.4) is 0 Å². The molecular formula is C31H43N7O8. The molecule has 3 aromatic rings. The van der Waals surface area contributed by atoms with E-state index in [0.717, 1.165) is 12.0 Å². The highest BCUT2D eigenvalue weighted by atomic mass is 16.5. The van der Waals surface area contributed by atoms with Gasteiger partial charge in [0.1, 0.15) is 0 Å². The molecule has 0 saturated heterocycles. The number of amides is 1. The summed E-state index contributed by atoms with van der Waals surface area (Å²) >= 11 is 0. The van der Waals surface area contributed by atoms with Gasteiger partial charge in [0.25, 0.3) is 5.56 Å². The number of carboxylic acids is 1. The zero-order chi connectivity index (χ0) is 33.1. The van der Waals surface area contributed by atoms with E-state index in [0.29, 0.717) is 83.3 Å². The summed E-state index contributed by atoms with van der Waals surface area (Å²) in [6.07, 6.45) is 3.89. The first-order valence-electron chi connectivity index (χ1n) is 15.3. The van der Waals surface area contributed by atoms with Crippen LogP contribution in [0.25, 0.3) is 11.2 Å². The zero-order valence-electron chi connectivity index (χ0n) is 25.9. The fourth-order valence-corrected chi connectivity index (χ4v) is 4.40. The number of nitrogens with two attached hydrogens (primary N) is 2. The van der Waals surface area contributed by atoms with Gasteiger partial charge < -0.3 is 36.1 Å². The van der Waals surface area contributed by atoms with Crippen LogP contribution in [0, 0.1) is 5.92 Å². The van der Waals surface area contributed by atoms with Gasteiger partial charge in [-0.1, -0.05) is 24.3 Å². The molecule has 15 heteroatoms. The first-order chi connectivity index (χ1) is 22.3. The van der Waals surface area contributed by atoms with Crippen molar-refractivity contribution in [3.63, 3.8) is 0 Å². The topological polar surface area (TPSA) is 235 Å². The molecule has 1 amide bonds. The molecule has 250 valence electrons. The molecule has 2 heterocycles. The number of carboxylic acid groups (broad SMARTS) is 1. The summed E-state index contributed by atoms with van der Waals surface area (Å²) in [6.45, 7) is 3.98. The highest BCUT2D eigenvalue weighted by Crippen LogP contribution is 2.17. The lowest BCUT2D eigenvalue weighted by Crippen LogP contribution is -2.27. The minimum atomic E-state index is -1.12. The molecule has 46 heavy (non-hydrogen) atoms. The van der Waals surface area contributed by atoms with Crippen molar-refractivity contribution in [1.29, 1.82) is 0 Å². The third-order valence-corrected chi connectivity index (χ3v) is 6.96. The van der Waals surface area contributed by atoms with Crippen molar-refractivity contribution < 1.29 is 33.7 Å². The number of ketones is 1. The van der Waals surface area contributed by atoms with Gasteiger partial charge in [0.05, 0.1) is 38.0 Å². The van der Waals surface area contributed by atoms with Gasteiger partial charge in [0.15, 0.2) is 16.9 Å². The number of carbonyl (C=O) groups excluding carboxylic acids is 2. The van der Waals surface area contributed by atoms with Gasteiger partial charge >= 0.3 is 5.97 Å². The predicted molar refractivity (Wildman–Crippen MR) is 169 cm³/mol. The Hall–Kier alpha value is -4.31. The third-order valence-electron chi connectivity index (χ3n) is 6.96. The Labute approximate surface area is 266 Å². The Kier molecular flexibility index (Phi) is 15.7. The van der Waals surface area contributed by atoms with E-state index >= 15 is 0 Å². The Balaban J connectivity index is 1.31. The van der Waals surface area contributed by atoms with E-state index in [1.54, 1.807) is 24.3 Å². The van der Waals surface area contributed by atoms with Crippen LogP contribution in [0.1, 0.15) is 53.7 Å². The smallest absolute Gasteiger partial charge is 0.306 e. The number of hydrogen-bond acceptors (Lipinski definition) is 12. The number of aliphatic carboxylic acids is 1. The van der Waals surface area contributed by atoms with Crippen molar-refractivity contribution >= 4 is 34.8 Å². The van der Waals surface area contributed by atoms with E-state index in [1.807, 2.05) is 0 Å². The Morgan fingerprint density at radius 3 is 2.28 bits per heavy atom. The van der Waals surface area contributed by atoms with Crippen LogP contribution in [0.4, 0.5) is 5.95 Å². The Morgan fingerprint density at radius 2 is 1.61 bits per heavy atom. The van der Waals surface area contributed by atoms with Gasteiger partial charge in [-0.2, -0.15) is 4.98 Å². The van der Waals surface area contributed by atoms with Crippen molar-refractivity contribution in [1.82, 2.24) is 25.3 Å². The van der Waals surface area contributed by atoms with E-state index in [2.05, 4.69) is 25.3 Å². The van der Waals surface area contributed by atoms with E-state index < -0.39 is 17.4 Å². The third kappa shape index (κ3) is 13.0. The van der Waals surface area contributed by atoms with E-state index in [9.17, 15) is 24.3 Å². The summed E-state index contributed by atoms with van der Waals surface area (Å²) in [5.41, 5.74) is 12.8. The number of Topliss-reactive ketones (excluding diaryl/α,β-unsaturated/α-hetero) is 1.